The number of halogens is 3. The van der Waals surface area contributed by atoms with E-state index < -0.39 is 0 Å². The maximum atomic E-state index is 10.9. The minimum absolute atomic E-state index is 0.277. The Morgan fingerprint density at radius 3 is 2.32 bits per heavy atom. The number of hydrogen-bond acceptors (Lipinski definition) is 6. The standard InChI is InChI=1S/C6H2Cl2N2O.C6H3ClN2O2/c7-3-1-4-5(8)10-11-6(4)9-2-3;7-3-1-4-5(10)9-11-6(4)8-2-3/h1-2H;1-2H,(H,9,10). The van der Waals surface area contributed by atoms with Crippen molar-refractivity contribution in [3.8, 4) is 0 Å². The molecule has 4 heterocycles. The smallest absolute Gasteiger partial charge is 0.289 e. The van der Waals surface area contributed by atoms with Gasteiger partial charge >= 0.3 is 0 Å². The summed E-state index contributed by atoms with van der Waals surface area (Å²) in [6, 6.07) is 3.16. The molecule has 112 valence electrons. The third-order valence-corrected chi connectivity index (χ3v) is 3.24. The fourth-order valence-corrected chi connectivity index (χ4v) is 2.09. The number of nitrogens with zero attached hydrogens (tertiary/aromatic N) is 3. The van der Waals surface area contributed by atoms with Crippen LogP contribution in [0.5, 0.6) is 0 Å². The molecule has 4 aromatic heterocycles. The van der Waals surface area contributed by atoms with Crippen LogP contribution in [0.3, 0.4) is 0 Å². The SMILES string of the molecule is Clc1cnc2onc(Cl)c2c1.O=c1[nH]oc2ncc(Cl)cc12. The van der Waals surface area contributed by atoms with Gasteiger partial charge in [-0.2, -0.15) is 5.16 Å². The Morgan fingerprint density at radius 1 is 0.955 bits per heavy atom. The van der Waals surface area contributed by atoms with Crippen LogP contribution in [0.15, 0.2) is 38.4 Å². The van der Waals surface area contributed by atoms with Crippen LogP contribution in [0.25, 0.3) is 22.2 Å². The Hall–Kier alpha value is -2.09. The zero-order valence-corrected chi connectivity index (χ0v) is 12.8. The van der Waals surface area contributed by atoms with Crippen molar-refractivity contribution in [1.29, 1.82) is 0 Å². The molecule has 7 nitrogen and oxygen atoms in total. The minimum Gasteiger partial charge on any atom is -0.358 e. The zero-order chi connectivity index (χ0) is 15.7. The van der Waals surface area contributed by atoms with Gasteiger partial charge in [0.2, 0.25) is 0 Å². The number of fused-ring (bicyclic) bond motifs is 2. The molecule has 0 amide bonds. The summed E-state index contributed by atoms with van der Waals surface area (Å²) in [6.45, 7) is 0. The molecule has 0 unspecified atom stereocenters. The maximum Gasteiger partial charge on any atom is 0.289 e. The molecule has 22 heavy (non-hydrogen) atoms. The van der Waals surface area contributed by atoms with Crippen molar-refractivity contribution in [2.45, 2.75) is 0 Å². The molecule has 0 aliphatic heterocycles. The Bertz CT molecular complexity index is 1010. The minimum atomic E-state index is -0.310. The van der Waals surface area contributed by atoms with Crippen LogP contribution in [-0.2, 0) is 0 Å². The van der Waals surface area contributed by atoms with Gasteiger partial charge in [-0.3, -0.25) is 4.79 Å². The highest BCUT2D eigenvalue weighted by atomic mass is 35.5. The molecule has 0 bridgehead atoms. The van der Waals surface area contributed by atoms with E-state index in [-0.39, 0.29) is 16.4 Å². The van der Waals surface area contributed by atoms with E-state index >= 15 is 0 Å². The Labute approximate surface area is 136 Å². The van der Waals surface area contributed by atoms with Crippen molar-refractivity contribution in [3.05, 3.63) is 50.1 Å². The molecule has 4 aromatic rings. The maximum absolute atomic E-state index is 10.9. The predicted octanol–water partition coefficient (Wildman–Crippen LogP) is 3.70. The molecular formula is C12H5Cl3N4O3. The van der Waals surface area contributed by atoms with Gasteiger partial charge in [0.25, 0.3) is 17.0 Å². The molecule has 0 radical (unpaired) electrons. The Balaban J connectivity index is 0.000000131. The summed E-state index contributed by atoms with van der Waals surface area (Å²) in [4.78, 5) is 18.5. The van der Waals surface area contributed by atoms with Gasteiger partial charge in [0, 0.05) is 12.4 Å². The van der Waals surface area contributed by atoms with Gasteiger partial charge in [0.05, 0.1) is 15.4 Å². The van der Waals surface area contributed by atoms with Crippen LogP contribution < -0.4 is 5.56 Å². The van der Waals surface area contributed by atoms with Gasteiger partial charge < -0.3 is 9.05 Å². The lowest BCUT2D eigenvalue weighted by molar-refractivity contribution is 0.441. The fourth-order valence-electron chi connectivity index (χ4n) is 1.60. The van der Waals surface area contributed by atoms with Gasteiger partial charge in [-0.15, -0.1) is 0 Å². The summed E-state index contributed by atoms with van der Waals surface area (Å²) in [5.41, 5.74) is 0.369. The highest BCUT2D eigenvalue weighted by Gasteiger charge is 2.06. The number of aromatic nitrogens is 4. The lowest BCUT2D eigenvalue weighted by atomic mass is 10.4. The molecule has 0 aromatic carbocycles. The van der Waals surface area contributed by atoms with Gasteiger partial charge in [0.1, 0.15) is 5.39 Å². The second-order valence-corrected chi connectivity index (χ2v) is 5.25. The molecule has 0 aliphatic rings. The van der Waals surface area contributed by atoms with E-state index in [1.54, 1.807) is 6.07 Å². The molecule has 1 N–H and O–H groups in total. The average molecular weight is 360 g/mol. The molecular weight excluding hydrogens is 355 g/mol. The van der Waals surface area contributed by atoms with Gasteiger partial charge in [0.15, 0.2) is 5.15 Å². The van der Waals surface area contributed by atoms with E-state index in [0.717, 1.165) is 0 Å². The molecule has 0 saturated carbocycles. The summed E-state index contributed by atoms with van der Waals surface area (Å²) in [7, 11) is 0. The van der Waals surface area contributed by atoms with Crippen molar-refractivity contribution in [2.24, 2.45) is 0 Å². The second-order valence-electron chi connectivity index (χ2n) is 4.02. The number of aromatic amines is 1. The summed E-state index contributed by atoms with van der Waals surface area (Å²) in [6.07, 6.45) is 2.89. The topological polar surface area (TPSA) is 97.8 Å². The zero-order valence-electron chi connectivity index (χ0n) is 10.5. The van der Waals surface area contributed by atoms with Gasteiger partial charge in [-0.1, -0.05) is 40.0 Å². The van der Waals surface area contributed by atoms with E-state index in [9.17, 15) is 4.79 Å². The van der Waals surface area contributed by atoms with Gasteiger partial charge in [-0.25, -0.2) is 9.97 Å². The van der Waals surface area contributed by atoms with E-state index in [4.69, 9.17) is 43.8 Å². The molecule has 0 spiro atoms. The van der Waals surface area contributed by atoms with Crippen LogP contribution >= 0.6 is 34.8 Å². The van der Waals surface area contributed by atoms with Crippen LogP contribution in [0, 0.1) is 0 Å². The largest absolute Gasteiger partial charge is 0.358 e. The molecule has 4 rings (SSSR count). The van der Waals surface area contributed by atoms with Crippen molar-refractivity contribution in [3.63, 3.8) is 0 Å². The van der Waals surface area contributed by atoms with Crippen molar-refractivity contribution in [1.82, 2.24) is 20.3 Å². The number of pyridine rings is 2. The number of H-pyrrole nitrogens is 1. The Kier molecular flexibility index (Phi) is 4.02. The van der Waals surface area contributed by atoms with Crippen molar-refractivity contribution >= 4 is 57.0 Å². The monoisotopic (exact) mass is 358 g/mol. The van der Waals surface area contributed by atoms with Crippen LogP contribution in [0.2, 0.25) is 15.2 Å². The van der Waals surface area contributed by atoms with E-state index in [0.29, 0.717) is 26.5 Å². The number of nitrogens with one attached hydrogen (secondary N) is 1. The average Bonchev–Trinajstić information content (AvgIpc) is 3.04. The van der Waals surface area contributed by atoms with Crippen molar-refractivity contribution in [2.75, 3.05) is 0 Å². The normalized spacial score (nSPS) is 10.7. The number of rotatable bonds is 0. The van der Waals surface area contributed by atoms with Crippen LogP contribution in [0.4, 0.5) is 0 Å². The summed E-state index contributed by atoms with van der Waals surface area (Å²) in [5.74, 6) is 0. The van der Waals surface area contributed by atoms with Gasteiger partial charge in [-0.05, 0) is 12.1 Å². The molecule has 0 fully saturated rings. The first-order chi connectivity index (χ1) is 10.5. The molecule has 0 aliphatic carbocycles. The lowest BCUT2D eigenvalue weighted by Gasteiger charge is -1.85. The van der Waals surface area contributed by atoms with Crippen LogP contribution in [-0.4, -0.2) is 20.3 Å². The number of hydrogen-bond donors (Lipinski definition) is 1. The molecule has 10 heteroatoms. The highest BCUT2D eigenvalue weighted by molar-refractivity contribution is 6.35. The Morgan fingerprint density at radius 2 is 1.59 bits per heavy atom. The molecule has 0 atom stereocenters. The first-order valence-corrected chi connectivity index (χ1v) is 6.87. The third kappa shape index (κ3) is 2.92. The summed E-state index contributed by atoms with van der Waals surface area (Å²) < 4.78 is 9.45. The predicted molar refractivity (Wildman–Crippen MR) is 81.5 cm³/mol. The first-order valence-electron chi connectivity index (χ1n) is 5.74. The summed E-state index contributed by atoms with van der Waals surface area (Å²) in [5, 5.41) is 7.89. The lowest BCUT2D eigenvalue weighted by Crippen LogP contribution is -1.96. The van der Waals surface area contributed by atoms with E-state index in [1.807, 2.05) is 0 Å². The summed E-state index contributed by atoms with van der Waals surface area (Å²) >= 11 is 16.9. The molecule has 0 saturated heterocycles. The van der Waals surface area contributed by atoms with Crippen LogP contribution in [0.1, 0.15) is 0 Å². The first kappa shape index (κ1) is 14.8. The van der Waals surface area contributed by atoms with E-state index in [1.165, 1.54) is 18.5 Å². The third-order valence-electron chi connectivity index (χ3n) is 2.56. The fraction of sp³-hybridized carbons (Fsp3) is 0. The quantitative estimate of drug-likeness (QED) is 0.514. The van der Waals surface area contributed by atoms with E-state index in [2.05, 4.69) is 20.3 Å². The van der Waals surface area contributed by atoms with Crippen molar-refractivity contribution < 1.29 is 9.05 Å². The highest BCUT2D eigenvalue weighted by Crippen LogP contribution is 2.23. The second kappa shape index (κ2) is 5.96.